The van der Waals surface area contributed by atoms with Crippen LogP contribution in [0.5, 0.6) is 0 Å². The van der Waals surface area contributed by atoms with Crippen molar-refractivity contribution < 1.29 is 4.79 Å². The Bertz CT molecular complexity index is 215. The number of carbonyl (C=O) groups is 1. The molecule has 1 unspecified atom stereocenters. The van der Waals surface area contributed by atoms with Crippen LogP contribution in [0.3, 0.4) is 0 Å². The average molecular weight is 283 g/mol. The Balaban J connectivity index is 3.16. The highest BCUT2D eigenvalue weighted by molar-refractivity contribution is 5.73. The van der Waals surface area contributed by atoms with Crippen molar-refractivity contribution in [3.05, 3.63) is 0 Å². The van der Waals surface area contributed by atoms with E-state index in [-0.39, 0.29) is 5.91 Å². The maximum Gasteiger partial charge on any atom is 0.217 e. The Kier molecular flexibility index (Phi) is 14.5. The lowest BCUT2D eigenvalue weighted by Crippen LogP contribution is -2.09. The molecule has 0 saturated heterocycles. The summed E-state index contributed by atoms with van der Waals surface area (Å²) in [6, 6.07) is 0. The van der Waals surface area contributed by atoms with Crippen molar-refractivity contribution in [3.8, 4) is 0 Å². The Labute approximate surface area is 126 Å². The first kappa shape index (κ1) is 19.5. The minimum atomic E-state index is -0.155. The topological polar surface area (TPSA) is 43.1 Å². The predicted molar refractivity (Wildman–Crippen MR) is 88.7 cm³/mol. The standard InChI is InChI=1S/C18H37NO/c1-3-4-5-6-8-11-14-17(2)15-12-9-7-10-13-16-18(19)20/h17H,3-16H2,1-2H3,(H2,19,20). The third kappa shape index (κ3) is 15.5. The van der Waals surface area contributed by atoms with Gasteiger partial charge >= 0.3 is 0 Å². The van der Waals surface area contributed by atoms with Gasteiger partial charge in [0.25, 0.3) is 0 Å². The van der Waals surface area contributed by atoms with Crippen molar-refractivity contribution in [1.29, 1.82) is 0 Å². The molecule has 1 amide bonds. The number of primary amides is 1. The SMILES string of the molecule is CCCCCCCCC(C)CCCCCCCC(N)=O. The summed E-state index contributed by atoms with van der Waals surface area (Å²) in [5, 5.41) is 0. The van der Waals surface area contributed by atoms with E-state index in [0.717, 1.165) is 18.8 Å². The molecular weight excluding hydrogens is 246 g/mol. The van der Waals surface area contributed by atoms with Gasteiger partial charge in [0.2, 0.25) is 5.91 Å². The van der Waals surface area contributed by atoms with Crippen LogP contribution in [0.4, 0.5) is 0 Å². The zero-order valence-electron chi connectivity index (χ0n) is 14.0. The van der Waals surface area contributed by atoms with Gasteiger partial charge in [-0.25, -0.2) is 0 Å². The van der Waals surface area contributed by atoms with Crippen LogP contribution in [-0.4, -0.2) is 5.91 Å². The van der Waals surface area contributed by atoms with Gasteiger partial charge in [-0.05, 0) is 12.3 Å². The van der Waals surface area contributed by atoms with Crippen LogP contribution in [0.1, 0.15) is 104 Å². The van der Waals surface area contributed by atoms with Gasteiger partial charge in [-0.1, -0.05) is 90.9 Å². The Morgan fingerprint density at radius 3 is 1.75 bits per heavy atom. The molecule has 0 aromatic carbocycles. The van der Waals surface area contributed by atoms with E-state index in [1.54, 1.807) is 0 Å². The van der Waals surface area contributed by atoms with Crippen LogP contribution in [0.2, 0.25) is 0 Å². The molecule has 2 N–H and O–H groups in total. The van der Waals surface area contributed by atoms with Crippen LogP contribution in [0, 0.1) is 5.92 Å². The number of hydrogen-bond acceptors (Lipinski definition) is 1. The third-order valence-corrected chi connectivity index (χ3v) is 4.17. The molecule has 2 heteroatoms. The molecule has 0 aliphatic carbocycles. The van der Waals surface area contributed by atoms with Crippen molar-refractivity contribution in [2.24, 2.45) is 11.7 Å². The molecule has 0 radical (unpaired) electrons. The molecule has 0 spiro atoms. The molecular formula is C18H37NO. The zero-order valence-corrected chi connectivity index (χ0v) is 14.0. The normalized spacial score (nSPS) is 12.5. The highest BCUT2D eigenvalue weighted by Crippen LogP contribution is 2.18. The predicted octanol–water partition coefficient (Wildman–Crippen LogP) is 5.59. The van der Waals surface area contributed by atoms with E-state index in [1.807, 2.05) is 0 Å². The van der Waals surface area contributed by atoms with Crippen LogP contribution in [-0.2, 0) is 4.79 Å². The van der Waals surface area contributed by atoms with Gasteiger partial charge in [-0.15, -0.1) is 0 Å². The first-order valence-electron chi connectivity index (χ1n) is 8.95. The van der Waals surface area contributed by atoms with Crippen molar-refractivity contribution in [2.75, 3.05) is 0 Å². The van der Waals surface area contributed by atoms with Gasteiger partial charge in [0.15, 0.2) is 0 Å². The van der Waals surface area contributed by atoms with Gasteiger partial charge in [-0.3, -0.25) is 4.79 Å². The molecule has 1 atom stereocenters. The Morgan fingerprint density at radius 1 is 0.800 bits per heavy atom. The molecule has 0 heterocycles. The second kappa shape index (κ2) is 14.9. The zero-order chi connectivity index (χ0) is 15.1. The molecule has 0 aliphatic heterocycles. The summed E-state index contributed by atoms with van der Waals surface area (Å²) in [5.74, 6) is 0.740. The lowest BCUT2D eigenvalue weighted by atomic mass is 9.96. The summed E-state index contributed by atoms with van der Waals surface area (Å²) >= 11 is 0. The maximum atomic E-state index is 10.6. The van der Waals surface area contributed by atoms with E-state index in [4.69, 9.17) is 5.73 Å². The second-order valence-corrected chi connectivity index (χ2v) is 6.43. The second-order valence-electron chi connectivity index (χ2n) is 6.43. The van der Waals surface area contributed by atoms with Crippen LogP contribution in [0.15, 0.2) is 0 Å². The third-order valence-electron chi connectivity index (χ3n) is 4.17. The van der Waals surface area contributed by atoms with E-state index in [0.29, 0.717) is 6.42 Å². The van der Waals surface area contributed by atoms with E-state index >= 15 is 0 Å². The fourth-order valence-electron chi connectivity index (χ4n) is 2.74. The summed E-state index contributed by atoms with van der Waals surface area (Å²) in [7, 11) is 0. The number of nitrogens with two attached hydrogens (primary N) is 1. The van der Waals surface area contributed by atoms with Crippen LogP contribution >= 0.6 is 0 Å². The molecule has 0 aliphatic rings. The quantitative estimate of drug-likeness (QED) is 0.391. The lowest BCUT2D eigenvalue weighted by molar-refractivity contribution is -0.118. The van der Waals surface area contributed by atoms with Crippen molar-refractivity contribution >= 4 is 5.91 Å². The number of amides is 1. The summed E-state index contributed by atoms with van der Waals surface area (Å²) in [6.45, 7) is 4.68. The van der Waals surface area contributed by atoms with Gasteiger partial charge in [0.1, 0.15) is 0 Å². The van der Waals surface area contributed by atoms with E-state index < -0.39 is 0 Å². The Morgan fingerprint density at radius 2 is 1.25 bits per heavy atom. The molecule has 0 fully saturated rings. The van der Waals surface area contributed by atoms with Crippen molar-refractivity contribution in [1.82, 2.24) is 0 Å². The monoisotopic (exact) mass is 283 g/mol. The minimum Gasteiger partial charge on any atom is -0.370 e. The molecule has 2 nitrogen and oxygen atoms in total. The lowest BCUT2D eigenvalue weighted by Gasteiger charge is -2.11. The molecule has 0 bridgehead atoms. The maximum absolute atomic E-state index is 10.6. The van der Waals surface area contributed by atoms with Crippen LogP contribution < -0.4 is 5.73 Å². The summed E-state index contributed by atoms with van der Waals surface area (Å²) in [6.07, 6.45) is 17.9. The van der Waals surface area contributed by atoms with Crippen molar-refractivity contribution in [2.45, 2.75) is 104 Å². The van der Waals surface area contributed by atoms with Crippen LogP contribution in [0.25, 0.3) is 0 Å². The Hall–Kier alpha value is -0.530. The molecule has 120 valence electrons. The van der Waals surface area contributed by atoms with E-state index in [2.05, 4.69) is 13.8 Å². The smallest absolute Gasteiger partial charge is 0.217 e. The highest BCUT2D eigenvalue weighted by atomic mass is 16.1. The fourth-order valence-corrected chi connectivity index (χ4v) is 2.74. The average Bonchev–Trinajstić information content (AvgIpc) is 2.41. The molecule has 0 rings (SSSR count). The van der Waals surface area contributed by atoms with Gasteiger partial charge < -0.3 is 5.73 Å². The minimum absolute atomic E-state index is 0.155. The number of rotatable bonds is 15. The number of unbranched alkanes of at least 4 members (excludes halogenated alkanes) is 9. The fraction of sp³-hybridized carbons (Fsp3) is 0.944. The largest absolute Gasteiger partial charge is 0.370 e. The molecule has 20 heavy (non-hydrogen) atoms. The summed E-state index contributed by atoms with van der Waals surface area (Å²) < 4.78 is 0. The van der Waals surface area contributed by atoms with Gasteiger partial charge in [0, 0.05) is 6.42 Å². The van der Waals surface area contributed by atoms with Crippen molar-refractivity contribution in [3.63, 3.8) is 0 Å². The first-order valence-corrected chi connectivity index (χ1v) is 8.95. The number of carbonyl (C=O) groups excluding carboxylic acids is 1. The molecule has 0 saturated carbocycles. The molecule has 0 aromatic heterocycles. The number of hydrogen-bond donors (Lipinski definition) is 1. The van der Waals surface area contributed by atoms with E-state index in [9.17, 15) is 4.79 Å². The first-order chi connectivity index (χ1) is 9.66. The van der Waals surface area contributed by atoms with Gasteiger partial charge in [-0.2, -0.15) is 0 Å². The van der Waals surface area contributed by atoms with Gasteiger partial charge in [0.05, 0.1) is 0 Å². The molecule has 0 aromatic rings. The summed E-state index contributed by atoms with van der Waals surface area (Å²) in [5.41, 5.74) is 5.12. The van der Waals surface area contributed by atoms with E-state index in [1.165, 1.54) is 70.6 Å². The summed E-state index contributed by atoms with van der Waals surface area (Å²) in [4.78, 5) is 10.6. The highest BCUT2D eigenvalue weighted by Gasteiger charge is 2.02.